The summed E-state index contributed by atoms with van der Waals surface area (Å²) >= 11 is 0. The Morgan fingerprint density at radius 1 is 0.373 bits per heavy atom. The van der Waals surface area contributed by atoms with Crippen molar-refractivity contribution in [3.8, 4) is 27.9 Å². The van der Waals surface area contributed by atoms with E-state index in [1.54, 1.807) is 0 Å². The minimum atomic E-state index is 0.867. The highest BCUT2D eigenvalue weighted by Crippen LogP contribution is 2.47. The van der Waals surface area contributed by atoms with Crippen molar-refractivity contribution in [2.75, 3.05) is 4.90 Å². The van der Waals surface area contributed by atoms with Crippen molar-refractivity contribution >= 4 is 82.4 Å². The molecule has 2 aromatic heterocycles. The van der Waals surface area contributed by atoms with Crippen LogP contribution in [0, 0.1) is 0 Å². The molecule has 0 aliphatic rings. The maximum absolute atomic E-state index is 6.86. The Balaban J connectivity index is 1.07. The standard InChI is InChI=1S/C56H36N2O/c1-2-16-40(17-3-1)57(42-18-12-15-39(36-42)44-23-13-24-45-43-19-5-4-14-37(43)30-33-46(44)45)53-35-34-50-49-22-8-11-27-54(49)59-56(50)55(53)38-28-31-41(32-29-38)58-51-25-9-6-20-47(51)48-21-7-10-26-52(48)58/h1-36H. The molecule has 12 aromatic rings. The molecule has 0 spiro atoms. The molecule has 0 bridgehead atoms. The summed E-state index contributed by atoms with van der Waals surface area (Å²) in [4.78, 5) is 2.38. The fraction of sp³-hybridized carbons (Fsp3) is 0. The van der Waals surface area contributed by atoms with Crippen LogP contribution in [0.25, 0.3) is 93.2 Å². The molecule has 0 fully saturated rings. The smallest absolute Gasteiger partial charge is 0.145 e. The summed E-state index contributed by atoms with van der Waals surface area (Å²) in [5, 5.41) is 9.71. The third-order valence-electron chi connectivity index (χ3n) is 12.0. The highest BCUT2D eigenvalue weighted by atomic mass is 16.3. The number of furan rings is 1. The molecule has 3 heteroatoms. The van der Waals surface area contributed by atoms with Gasteiger partial charge in [0.2, 0.25) is 0 Å². The van der Waals surface area contributed by atoms with E-state index in [2.05, 4.69) is 222 Å². The van der Waals surface area contributed by atoms with Crippen LogP contribution in [0.4, 0.5) is 17.1 Å². The van der Waals surface area contributed by atoms with Crippen molar-refractivity contribution in [3.63, 3.8) is 0 Å². The van der Waals surface area contributed by atoms with Crippen LogP contribution in [-0.4, -0.2) is 4.57 Å². The topological polar surface area (TPSA) is 21.3 Å². The number of fused-ring (bicyclic) bond motifs is 9. The first kappa shape index (κ1) is 33.3. The van der Waals surface area contributed by atoms with Crippen LogP contribution in [0.2, 0.25) is 0 Å². The van der Waals surface area contributed by atoms with Gasteiger partial charge in [-0.2, -0.15) is 0 Å². The first-order chi connectivity index (χ1) is 29.3. The Hall–Kier alpha value is -7.88. The van der Waals surface area contributed by atoms with Gasteiger partial charge >= 0.3 is 0 Å². The number of nitrogens with zero attached hydrogens (tertiary/aromatic N) is 2. The molecule has 0 saturated carbocycles. The highest BCUT2D eigenvalue weighted by molar-refractivity contribution is 6.15. The summed E-state index contributed by atoms with van der Waals surface area (Å²) in [5.74, 6) is 0. The Morgan fingerprint density at radius 3 is 1.80 bits per heavy atom. The van der Waals surface area contributed by atoms with Crippen LogP contribution in [-0.2, 0) is 0 Å². The van der Waals surface area contributed by atoms with Crippen molar-refractivity contribution in [2.45, 2.75) is 0 Å². The van der Waals surface area contributed by atoms with Crippen molar-refractivity contribution < 1.29 is 4.42 Å². The fourth-order valence-corrected chi connectivity index (χ4v) is 9.33. The van der Waals surface area contributed by atoms with E-state index in [-0.39, 0.29) is 0 Å². The molecular weight excluding hydrogens is 717 g/mol. The molecular formula is C56H36N2O. The van der Waals surface area contributed by atoms with Crippen LogP contribution < -0.4 is 4.90 Å². The lowest BCUT2D eigenvalue weighted by Crippen LogP contribution is -2.11. The minimum absolute atomic E-state index is 0.867. The summed E-state index contributed by atoms with van der Waals surface area (Å²) in [6.45, 7) is 0. The molecule has 12 rings (SSSR count). The van der Waals surface area contributed by atoms with Crippen molar-refractivity contribution in [1.29, 1.82) is 0 Å². The van der Waals surface area contributed by atoms with Crippen LogP contribution in [0.5, 0.6) is 0 Å². The number of rotatable bonds is 6. The zero-order chi connectivity index (χ0) is 38.9. The second kappa shape index (κ2) is 13.4. The molecule has 276 valence electrons. The van der Waals surface area contributed by atoms with Crippen LogP contribution >= 0.6 is 0 Å². The van der Waals surface area contributed by atoms with E-state index >= 15 is 0 Å². The largest absolute Gasteiger partial charge is 0.455 e. The first-order valence-corrected chi connectivity index (χ1v) is 20.2. The number of aromatic nitrogens is 1. The summed E-state index contributed by atoms with van der Waals surface area (Å²) in [7, 11) is 0. The molecule has 0 saturated heterocycles. The molecule has 0 aliphatic heterocycles. The lowest BCUT2D eigenvalue weighted by Gasteiger charge is -2.28. The molecule has 0 amide bonds. The molecule has 2 heterocycles. The zero-order valence-corrected chi connectivity index (χ0v) is 32.1. The second-order valence-electron chi connectivity index (χ2n) is 15.3. The van der Waals surface area contributed by atoms with Crippen LogP contribution in [0.1, 0.15) is 0 Å². The lowest BCUT2D eigenvalue weighted by molar-refractivity contribution is 0.670. The number of benzene rings is 10. The summed E-state index contributed by atoms with van der Waals surface area (Å²) in [6, 6.07) is 78.6. The maximum Gasteiger partial charge on any atom is 0.145 e. The van der Waals surface area contributed by atoms with Gasteiger partial charge in [-0.05, 0) is 105 Å². The third-order valence-corrected chi connectivity index (χ3v) is 12.0. The predicted molar refractivity (Wildman–Crippen MR) is 249 cm³/mol. The van der Waals surface area contributed by atoms with Gasteiger partial charge in [0.1, 0.15) is 11.2 Å². The van der Waals surface area contributed by atoms with Gasteiger partial charge in [0.25, 0.3) is 0 Å². The Kier molecular flexibility index (Phi) is 7.54. The Labute approximate surface area is 341 Å². The number of anilines is 3. The van der Waals surface area contributed by atoms with Gasteiger partial charge in [0, 0.05) is 44.2 Å². The van der Waals surface area contributed by atoms with Gasteiger partial charge in [-0.15, -0.1) is 0 Å². The van der Waals surface area contributed by atoms with Crippen molar-refractivity contribution in [1.82, 2.24) is 4.57 Å². The SMILES string of the molecule is c1ccc(N(c2cccc(-c3cccc4c3ccc3ccccc34)c2)c2ccc3c(oc4ccccc43)c2-c2ccc(-n3c4ccccc4c4ccccc43)cc2)cc1. The maximum atomic E-state index is 6.86. The second-order valence-corrected chi connectivity index (χ2v) is 15.3. The summed E-state index contributed by atoms with van der Waals surface area (Å²) in [6.07, 6.45) is 0. The lowest BCUT2D eigenvalue weighted by atomic mass is 9.94. The average Bonchev–Trinajstić information content (AvgIpc) is 3.85. The summed E-state index contributed by atoms with van der Waals surface area (Å²) < 4.78 is 9.23. The van der Waals surface area contributed by atoms with Gasteiger partial charge in [-0.25, -0.2) is 0 Å². The van der Waals surface area contributed by atoms with Crippen molar-refractivity contribution in [3.05, 3.63) is 218 Å². The van der Waals surface area contributed by atoms with Crippen LogP contribution in [0.3, 0.4) is 0 Å². The Bertz CT molecular complexity index is 3500. The quantitative estimate of drug-likeness (QED) is 0.158. The third kappa shape index (κ3) is 5.29. The molecule has 0 aliphatic carbocycles. The average molecular weight is 753 g/mol. The number of para-hydroxylation sites is 4. The number of hydrogen-bond donors (Lipinski definition) is 0. The van der Waals surface area contributed by atoms with Gasteiger partial charge in [-0.3, -0.25) is 0 Å². The van der Waals surface area contributed by atoms with E-state index in [9.17, 15) is 0 Å². The molecule has 0 radical (unpaired) electrons. The molecule has 0 unspecified atom stereocenters. The zero-order valence-electron chi connectivity index (χ0n) is 32.1. The van der Waals surface area contributed by atoms with Gasteiger partial charge in [0.05, 0.1) is 16.7 Å². The van der Waals surface area contributed by atoms with E-state index in [0.29, 0.717) is 0 Å². The monoisotopic (exact) mass is 752 g/mol. The van der Waals surface area contributed by atoms with E-state index in [1.165, 1.54) is 48.9 Å². The van der Waals surface area contributed by atoms with E-state index in [4.69, 9.17) is 4.42 Å². The van der Waals surface area contributed by atoms with Gasteiger partial charge < -0.3 is 13.9 Å². The minimum Gasteiger partial charge on any atom is -0.455 e. The molecule has 0 atom stereocenters. The first-order valence-electron chi connectivity index (χ1n) is 20.2. The van der Waals surface area contributed by atoms with E-state index < -0.39 is 0 Å². The Morgan fingerprint density at radius 2 is 1.00 bits per heavy atom. The normalized spacial score (nSPS) is 11.7. The summed E-state index contributed by atoms with van der Waals surface area (Å²) in [5.41, 5.74) is 12.9. The van der Waals surface area contributed by atoms with Gasteiger partial charge in [0.15, 0.2) is 0 Å². The van der Waals surface area contributed by atoms with Crippen molar-refractivity contribution in [2.24, 2.45) is 0 Å². The van der Waals surface area contributed by atoms with E-state index in [1.807, 2.05) is 6.07 Å². The predicted octanol–water partition coefficient (Wildman–Crippen LogP) is 15.8. The molecule has 0 N–H and O–H groups in total. The number of hydrogen-bond acceptors (Lipinski definition) is 2. The van der Waals surface area contributed by atoms with Gasteiger partial charge in [-0.1, -0.05) is 152 Å². The fourth-order valence-electron chi connectivity index (χ4n) is 9.33. The highest BCUT2D eigenvalue weighted by Gasteiger charge is 2.23. The van der Waals surface area contributed by atoms with Crippen LogP contribution in [0.15, 0.2) is 223 Å². The molecule has 59 heavy (non-hydrogen) atoms. The van der Waals surface area contributed by atoms with E-state index in [0.717, 1.165) is 61.4 Å². The molecule has 10 aromatic carbocycles. The molecule has 3 nitrogen and oxygen atoms in total.